The van der Waals surface area contributed by atoms with Crippen LogP contribution in [-0.4, -0.2) is 29.5 Å². The Hall–Kier alpha value is -2.73. The molecule has 0 heterocycles. The molecule has 0 aliphatic heterocycles. The summed E-state index contributed by atoms with van der Waals surface area (Å²) in [6, 6.07) is 7.27. The maximum absolute atomic E-state index is 12.6. The highest BCUT2D eigenvalue weighted by Crippen LogP contribution is 2.38. The molecule has 0 aliphatic carbocycles. The summed E-state index contributed by atoms with van der Waals surface area (Å²) in [4.78, 5) is 23.4. The zero-order valence-electron chi connectivity index (χ0n) is 15.6. The first-order valence-corrected chi connectivity index (χ1v) is 8.85. The summed E-state index contributed by atoms with van der Waals surface area (Å²) in [6.07, 6.45) is 0.279. The zero-order valence-corrected chi connectivity index (χ0v) is 16.3. The molecular formula is C20H22ClNO5. The Labute approximate surface area is 163 Å². The minimum Gasteiger partial charge on any atom is -0.507 e. The highest BCUT2D eigenvalue weighted by Gasteiger charge is 2.18. The molecule has 27 heavy (non-hydrogen) atoms. The van der Waals surface area contributed by atoms with Crippen LogP contribution in [0.3, 0.4) is 0 Å². The fourth-order valence-corrected chi connectivity index (χ4v) is 2.57. The first-order valence-electron chi connectivity index (χ1n) is 8.47. The van der Waals surface area contributed by atoms with Crippen LogP contribution in [0.2, 0.25) is 5.02 Å². The number of carbonyl (C=O) groups is 2. The molecule has 0 spiro atoms. The summed E-state index contributed by atoms with van der Waals surface area (Å²) in [5.41, 5.74) is 0.748. The standard InChI is InChI=1S/C20H22ClNO5/c1-11(2)26-18-8-14(7-16(21)19(18)27-12(3)4)20(25)22-15-6-5-13(10-23)17(24)9-15/h5-12,24H,1-4H3,(H,22,25). The van der Waals surface area contributed by atoms with Gasteiger partial charge >= 0.3 is 0 Å². The highest BCUT2D eigenvalue weighted by molar-refractivity contribution is 6.32. The average Bonchev–Trinajstić information content (AvgIpc) is 2.57. The quantitative estimate of drug-likeness (QED) is 0.669. The van der Waals surface area contributed by atoms with Crippen LogP contribution < -0.4 is 14.8 Å². The van der Waals surface area contributed by atoms with E-state index in [-0.39, 0.29) is 34.1 Å². The molecule has 0 saturated heterocycles. The van der Waals surface area contributed by atoms with Gasteiger partial charge in [-0.05, 0) is 52.0 Å². The summed E-state index contributed by atoms with van der Waals surface area (Å²) >= 11 is 6.31. The van der Waals surface area contributed by atoms with Gasteiger partial charge in [0.05, 0.1) is 22.8 Å². The van der Waals surface area contributed by atoms with Crippen LogP contribution in [0.25, 0.3) is 0 Å². The minimum atomic E-state index is -0.445. The number of anilines is 1. The lowest BCUT2D eigenvalue weighted by molar-refractivity contribution is 0.102. The number of hydrogen-bond donors (Lipinski definition) is 2. The van der Waals surface area contributed by atoms with Crippen molar-refractivity contribution in [3.8, 4) is 17.2 Å². The number of phenols is 1. The molecule has 2 N–H and O–H groups in total. The SMILES string of the molecule is CC(C)Oc1cc(C(=O)Nc2ccc(C=O)c(O)c2)cc(Cl)c1OC(C)C. The van der Waals surface area contributed by atoms with Crippen LogP contribution in [0.1, 0.15) is 48.4 Å². The van der Waals surface area contributed by atoms with E-state index >= 15 is 0 Å². The zero-order chi connectivity index (χ0) is 20.1. The number of ether oxygens (including phenoxy) is 2. The number of hydrogen-bond acceptors (Lipinski definition) is 5. The number of phenolic OH excluding ortho intramolecular Hbond substituents is 1. The van der Waals surface area contributed by atoms with Gasteiger partial charge in [0.2, 0.25) is 0 Å². The number of halogens is 1. The van der Waals surface area contributed by atoms with Gasteiger partial charge in [0.25, 0.3) is 5.91 Å². The third kappa shape index (κ3) is 5.37. The first kappa shape index (κ1) is 20.6. The molecule has 7 heteroatoms. The van der Waals surface area contributed by atoms with Crippen molar-refractivity contribution in [3.63, 3.8) is 0 Å². The Kier molecular flexibility index (Phi) is 6.69. The number of nitrogens with one attached hydrogen (secondary N) is 1. The topological polar surface area (TPSA) is 84.9 Å². The van der Waals surface area contributed by atoms with Crippen molar-refractivity contribution in [2.24, 2.45) is 0 Å². The third-order valence-corrected chi connectivity index (χ3v) is 3.68. The average molecular weight is 392 g/mol. The van der Waals surface area contributed by atoms with Gasteiger partial charge in [-0.2, -0.15) is 0 Å². The lowest BCUT2D eigenvalue weighted by Gasteiger charge is -2.19. The number of amides is 1. The van der Waals surface area contributed by atoms with E-state index in [0.717, 1.165) is 0 Å². The second-order valence-corrected chi connectivity index (χ2v) is 6.87. The van der Waals surface area contributed by atoms with Crippen LogP contribution in [0.5, 0.6) is 17.2 Å². The van der Waals surface area contributed by atoms with E-state index in [2.05, 4.69) is 5.32 Å². The summed E-state index contributed by atoms with van der Waals surface area (Å²) in [5.74, 6) is 0.0885. The van der Waals surface area contributed by atoms with Crippen molar-refractivity contribution in [2.45, 2.75) is 39.9 Å². The Morgan fingerprint density at radius 3 is 2.33 bits per heavy atom. The number of aldehydes is 1. The van der Waals surface area contributed by atoms with Gasteiger partial charge in [0.1, 0.15) is 5.75 Å². The van der Waals surface area contributed by atoms with Gasteiger partial charge in [-0.15, -0.1) is 0 Å². The second-order valence-electron chi connectivity index (χ2n) is 6.46. The predicted molar refractivity (Wildman–Crippen MR) is 104 cm³/mol. The Bertz CT molecular complexity index is 849. The largest absolute Gasteiger partial charge is 0.507 e. The molecule has 0 atom stereocenters. The second kappa shape index (κ2) is 8.77. The van der Waals surface area contributed by atoms with Crippen molar-refractivity contribution < 1.29 is 24.2 Å². The molecule has 0 aliphatic rings. The van der Waals surface area contributed by atoms with Crippen LogP contribution in [-0.2, 0) is 0 Å². The minimum absolute atomic E-state index is 0.115. The normalized spacial score (nSPS) is 10.8. The third-order valence-electron chi connectivity index (χ3n) is 3.40. The van der Waals surface area contributed by atoms with E-state index in [9.17, 15) is 14.7 Å². The van der Waals surface area contributed by atoms with E-state index < -0.39 is 5.91 Å². The van der Waals surface area contributed by atoms with Gasteiger partial charge in [-0.1, -0.05) is 11.6 Å². The molecule has 2 aromatic carbocycles. The fraction of sp³-hybridized carbons (Fsp3) is 0.300. The number of carbonyl (C=O) groups excluding carboxylic acids is 2. The van der Waals surface area contributed by atoms with Crippen molar-refractivity contribution in [1.82, 2.24) is 0 Å². The predicted octanol–water partition coefficient (Wildman–Crippen LogP) is 4.68. The molecule has 144 valence electrons. The van der Waals surface area contributed by atoms with Crippen molar-refractivity contribution in [2.75, 3.05) is 5.32 Å². The Morgan fingerprint density at radius 1 is 1.11 bits per heavy atom. The molecule has 0 bridgehead atoms. The first-order chi connectivity index (χ1) is 12.7. The molecule has 0 aromatic heterocycles. The van der Waals surface area contributed by atoms with Crippen LogP contribution in [0.4, 0.5) is 5.69 Å². The van der Waals surface area contributed by atoms with Gasteiger partial charge < -0.3 is 19.9 Å². The molecule has 1 amide bonds. The highest BCUT2D eigenvalue weighted by atomic mass is 35.5. The number of benzene rings is 2. The van der Waals surface area contributed by atoms with E-state index in [1.54, 1.807) is 6.07 Å². The summed E-state index contributed by atoms with van der Waals surface area (Å²) < 4.78 is 11.5. The molecule has 0 unspecified atom stereocenters. The molecule has 6 nitrogen and oxygen atoms in total. The smallest absolute Gasteiger partial charge is 0.255 e. The molecule has 2 aromatic rings. The maximum Gasteiger partial charge on any atom is 0.255 e. The maximum atomic E-state index is 12.6. The van der Waals surface area contributed by atoms with E-state index in [4.69, 9.17) is 21.1 Å². The summed E-state index contributed by atoms with van der Waals surface area (Å²) in [5, 5.41) is 12.6. The number of rotatable bonds is 7. The van der Waals surface area contributed by atoms with Crippen molar-refractivity contribution in [3.05, 3.63) is 46.5 Å². The van der Waals surface area contributed by atoms with Gasteiger partial charge in [0, 0.05) is 17.3 Å². The Balaban J connectivity index is 2.33. The monoisotopic (exact) mass is 391 g/mol. The van der Waals surface area contributed by atoms with E-state index in [1.807, 2.05) is 27.7 Å². The van der Waals surface area contributed by atoms with Gasteiger partial charge in [-0.25, -0.2) is 0 Å². The van der Waals surface area contributed by atoms with Crippen molar-refractivity contribution >= 4 is 29.5 Å². The van der Waals surface area contributed by atoms with Crippen molar-refractivity contribution in [1.29, 1.82) is 0 Å². The fourth-order valence-electron chi connectivity index (χ4n) is 2.32. The Morgan fingerprint density at radius 2 is 1.78 bits per heavy atom. The summed E-state index contributed by atoms with van der Waals surface area (Å²) in [6.45, 7) is 7.45. The molecule has 0 radical (unpaired) electrons. The molecule has 0 saturated carbocycles. The van der Waals surface area contributed by atoms with E-state index in [0.29, 0.717) is 23.5 Å². The summed E-state index contributed by atoms with van der Waals surface area (Å²) in [7, 11) is 0. The van der Waals surface area contributed by atoms with Crippen LogP contribution >= 0.6 is 11.6 Å². The van der Waals surface area contributed by atoms with Crippen LogP contribution in [0, 0.1) is 0 Å². The molecular weight excluding hydrogens is 370 g/mol. The van der Waals surface area contributed by atoms with Gasteiger partial charge in [-0.3, -0.25) is 9.59 Å². The van der Waals surface area contributed by atoms with Gasteiger partial charge in [0.15, 0.2) is 17.8 Å². The van der Waals surface area contributed by atoms with E-state index in [1.165, 1.54) is 24.3 Å². The molecule has 2 rings (SSSR count). The number of aromatic hydroxyl groups is 1. The lowest BCUT2D eigenvalue weighted by Crippen LogP contribution is -2.15. The molecule has 0 fully saturated rings. The van der Waals surface area contributed by atoms with Crippen LogP contribution in [0.15, 0.2) is 30.3 Å². The lowest BCUT2D eigenvalue weighted by atomic mass is 10.1.